The van der Waals surface area contributed by atoms with Crippen molar-refractivity contribution in [1.82, 2.24) is 0 Å². The van der Waals surface area contributed by atoms with Gasteiger partial charge < -0.3 is 0 Å². The van der Waals surface area contributed by atoms with Crippen molar-refractivity contribution in [3.63, 3.8) is 0 Å². The van der Waals surface area contributed by atoms with Crippen molar-refractivity contribution in [2.45, 2.75) is 6.54 Å². The summed E-state index contributed by atoms with van der Waals surface area (Å²) in [6.07, 6.45) is 1.42. The molecule has 0 spiro atoms. The molecule has 0 aliphatic rings. The van der Waals surface area contributed by atoms with Crippen LogP contribution in [0.3, 0.4) is 0 Å². The molecule has 17 heavy (non-hydrogen) atoms. The summed E-state index contributed by atoms with van der Waals surface area (Å²) in [5, 5.41) is 0. The van der Waals surface area contributed by atoms with Gasteiger partial charge in [0.1, 0.15) is 11.6 Å². The lowest BCUT2D eigenvalue weighted by molar-refractivity contribution is 0.611. The van der Waals surface area contributed by atoms with Gasteiger partial charge in [-0.05, 0) is 12.1 Å². The Morgan fingerprint density at radius 2 is 1.53 bits per heavy atom. The van der Waals surface area contributed by atoms with Gasteiger partial charge in [0, 0.05) is 17.3 Å². The molecule has 0 N–H and O–H groups in total. The van der Waals surface area contributed by atoms with E-state index in [0.29, 0.717) is 11.1 Å². The van der Waals surface area contributed by atoms with E-state index >= 15 is 0 Å². The van der Waals surface area contributed by atoms with Gasteiger partial charge in [-0.3, -0.25) is 4.99 Å². The lowest BCUT2D eigenvalue weighted by Gasteiger charge is -1.98. The second-order valence-corrected chi connectivity index (χ2v) is 3.58. The van der Waals surface area contributed by atoms with Crippen LogP contribution in [0.4, 0.5) is 8.78 Å². The molecular formula is C14H11F2N. The van der Waals surface area contributed by atoms with Crippen LogP contribution in [0.25, 0.3) is 0 Å². The lowest BCUT2D eigenvalue weighted by atomic mass is 10.2. The molecule has 0 atom stereocenters. The third-order valence-corrected chi connectivity index (χ3v) is 2.36. The van der Waals surface area contributed by atoms with Crippen LogP contribution < -0.4 is 0 Å². The van der Waals surface area contributed by atoms with Gasteiger partial charge in [0.05, 0.1) is 6.54 Å². The summed E-state index contributed by atoms with van der Waals surface area (Å²) in [4.78, 5) is 4.03. The molecule has 2 rings (SSSR count). The summed E-state index contributed by atoms with van der Waals surface area (Å²) in [6, 6.07) is 12.8. The van der Waals surface area contributed by atoms with E-state index in [2.05, 4.69) is 4.99 Å². The maximum Gasteiger partial charge on any atom is 0.131 e. The Balaban J connectivity index is 2.09. The first-order valence-corrected chi connectivity index (χ1v) is 5.25. The van der Waals surface area contributed by atoms with Crippen molar-refractivity contribution in [3.05, 3.63) is 71.3 Å². The maximum absolute atomic E-state index is 13.2. The van der Waals surface area contributed by atoms with Crippen molar-refractivity contribution >= 4 is 6.21 Å². The van der Waals surface area contributed by atoms with E-state index in [1.54, 1.807) is 36.4 Å². The van der Waals surface area contributed by atoms with Gasteiger partial charge in [0.25, 0.3) is 0 Å². The van der Waals surface area contributed by atoms with Crippen LogP contribution in [0.2, 0.25) is 0 Å². The molecule has 0 aromatic heterocycles. The van der Waals surface area contributed by atoms with Crippen LogP contribution in [0.5, 0.6) is 0 Å². The third-order valence-electron chi connectivity index (χ3n) is 2.36. The molecular weight excluding hydrogens is 220 g/mol. The Morgan fingerprint density at radius 3 is 2.24 bits per heavy atom. The topological polar surface area (TPSA) is 12.4 Å². The fourth-order valence-corrected chi connectivity index (χ4v) is 1.45. The summed E-state index contributed by atoms with van der Waals surface area (Å²) in [5.74, 6) is -0.622. The molecule has 0 saturated carbocycles. The Morgan fingerprint density at radius 1 is 0.882 bits per heavy atom. The second kappa shape index (κ2) is 5.34. The van der Waals surface area contributed by atoms with Crippen molar-refractivity contribution in [2.24, 2.45) is 4.99 Å². The molecule has 2 aromatic rings. The van der Waals surface area contributed by atoms with Gasteiger partial charge in [0.15, 0.2) is 0 Å². The molecule has 0 amide bonds. The molecule has 0 radical (unpaired) electrons. The zero-order chi connectivity index (χ0) is 12.1. The number of halogens is 2. The zero-order valence-electron chi connectivity index (χ0n) is 9.11. The molecule has 0 bridgehead atoms. The summed E-state index contributed by atoms with van der Waals surface area (Å²) >= 11 is 0. The van der Waals surface area contributed by atoms with Crippen molar-refractivity contribution < 1.29 is 8.78 Å². The summed E-state index contributed by atoms with van der Waals surface area (Å²) < 4.78 is 26.5. The largest absolute Gasteiger partial charge is 0.288 e. The molecule has 0 fully saturated rings. The first-order valence-electron chi connectivity index (χ1n) is 5.25. The minimum absolute atomic E-state index is 0.209. The van der Waals surface area contributed by atoms with E-state index < -0.39 is 0 Å². The van der Waals surface area contributed by atoms with E-state index in [9.17, 15) is 8.78 Å². The van der Waals surface area contributed by atoms with Gasteiger partial charge in [-0.15, -0.1) is 0 Å². The van der Waals surface area contributed by atoms with Crippen LogP contribution in [-0.2, 0) is 6.54 Å². The van der Waals surface area contributed by atoms with Gasteiger partial charge in [-0.25, -0.2) is 8.78 Å². The number of hydrogen-bond acceptors (Lipinski definition) is 1. The number of nitrogens with zero attached hydrogens (tertiary/aromatic N) is 1. The maximum atomic E-state index is 13.2. The Hall–Kier alpha value is -2.03. The van der Waals surface area contributed by atoms with Gasteiger partial charge in [0.2, 0.25) is 0 Å². The average Bonchev–Trinajstić information content (AvgIpc) is 2.34. The van der Waals surface area contributed by atoms with E-state index in [4.69, 9.17) is 0 Å². The van der Waals surface area contributed by atoms with Crippen LogP contribution in [0, 0.1) is 11.6 Å². The highest BCUT2D eigenvalue weighted by atomic mass is 19.1. The molecule has 0 aliphatic heterocycles. The van der Waals surface area contributed by atoms with E-state index in [-0.39, 0.29) is 18.2 Å². The zero-order valence-corrected chi connectivity index (χ0v) is 9.11. The van der Waals surface area contributed by atoms with Crippen molar-refractivity contribution in [1.29, 1.82) is 0 Å². The van der Waals surface area contributed by atoms with Crippen molar-refractivity contribution in [2.75, 3.05) is 0 Å². The molecule has 0 saturated heterocycles. The molecule has 1 nitrogen and oxygen atoms in total. The van der Waals surface area contributed by atoms with E-state index in [1.807, 2.05) is 0 Å². The monoisotopic (exact) mass is 231 g/mol. The van der Waals surface area contributed by atoms with Gasteiger partial charge in [-0.1, -0.05) is 36.4 Å². The normalized spacial score (nSPS) is 10.9. The van der Waals surface area contributed by atoms with Crippen LogP contribution in [0.15, 0.2) is 53.5 Å². The fourth-order valence-electron chi connectivity index (χ4n) is 1.45. The van der Waals surface area contributed by atoms with Crippen LogP contribution in [0.1, 0.15) is 11.1 Å². The molecule has 3 heteroatoms. The molecule has 86 valence electrons. The Bertz CT molecular complexity index is 535. The SMILES string of the molecule is Fc1ccccc1C=NCc1ccccc1F. The summed E-state index contributed by atoms with van der Waals surface area (Å²) in [6.45, 7) is 0.209. The highest BCUT2D eigenvalue weighted by Gasteiger charge is 1.99. The van der Waals surface area contributed by atoms with Gasteiger partial charge >= 0.3 is 0 Å². The smallest absolute Gasteiger partial charge is 0.131 e. The first-order chi connectivity index (χ1) is 8.27. The first kappa shape index (κ1) is 11.5. The molecule has 0 unspecified atom stereocenters. The predicted molar refractivity (Wildman–Crippen MR) is 64.1 cm³/mol. The second-order valence-electron chi connectivity index (χ2n) is 3.58. The highest BCUT2D eigenvalue weighted by Crippen LogP contribution is 2.08. The standard InChI is InChI=1S/C14H11F2N/c15-13-7-3-1-5-11(13)9-17-10-12-6-2-4-8-14(12)16/h1-9H,10H2. The molecule has 0 heterocycles. The van der Waals surface area contributed by atoms with E-state index in [1.165, 1.54) is 18.3 Å². The number of benzene rings is 2. The minimum Gasteiger partial charge on any atom is -0.288 e. The minimum atomic E-state index is -0.329. The number of aliphatic imine (C=N–C) groups is 1. The Labute approximate surface area is 98.4 Å². The number of hydrogen-bond donors (Lipinski definition) is 0. The summed E-state index contributed by atoms with van der Waals surface area (Å²) in [7, 11) is 0. The Kier molecular flexibility index (Phi) is 3.60. The van der Waals surface area contributed by atoms with Gasteiger partial charge in [-0.2, -0.15) is 0 Å². The lowest BCUT2D eigenvalue weighted by Crippen LogP contribution is -1.90. The van der Waals surface area contributed by atoms with Crippen LogP contribution in [-0.4, -0.2) is 6.21 Å². The summed E-state index contributed by atoms with van der Waals surface area (Å²) in [5.41, 5.74) is 0.906. The predicted octanol–water partition coefficient (Wildman–Crippen LogP) is 3.58. The third kappa shape index (κ3) is 2.97. The highest BCUT2D eigenvalue weighted by molar-refractivity contribution is 5.79. The molecule has 2 aromatic carbocycles. The average molecular weight is 231 g/mol. The quantitative estimate of drug-likeness (QED) is 0.716. The fraction of sp³-hybridized carbons (Fsp3) is 0.0714. The van der Waals surface area contributed by atoms with Crippen LogP contribution >= 0.6 is 0 Å². The molecule has 0 aliphatic carbocycles. The van der Waals surface area contributed by atoms with Crippen molar-refractivity contribution in [3.8, 4) is 0 Å². The van der Waals surface area contributed by atoms with E-state index in [0.717, 1.165) is 0 Å². The number of rotatable bonds is 3.